The molecule has 0 aliphatic carbocycles. The molecule has 2 N–H and O–H groups in total. The zero-order valence-electron chi connectivity index (χ0n) is 10.7. The van der Waals surface area contributed by atoms with E-state index in [1.165, 1.54) is 5.56 Å². The van der Waals surface area contributed by atoms with Crippen LogP contribution in [-0.2, 0) is 11.2 Å². The van der Waals surface area contributed by atoms with Crippen molar-refractivity contribution in [3.05, 3.63) is 22.4 Å². The van der Waals surface area contributed by atoms with Gasteiger partial charge in [0.25, 0.3) is 0 Å². The lowest BCUT2D eigenvalue weighted by Crippen LogP contribution is -2.43. The molecule has 1 heterocycles. The topological polar surface area (TPSA) is 41.1 Å². The summed E-state index contributed by atoms with van der Waals surface area (Å²) < 4.78 is 0. The maximum absolute atomic E-state index is 11.6. The van der Waals surface area contributed by atoms with Gasteiger partial charge in [-0.05, 0) is 48.7 Å². The molecule has 0 aliphatic heterocycles. The number of unbranched alkanes of at least 4 members (excludes halogenated alkanes) is 1. The van der Waals surface area contributed by atoms with Crippen LogP contribution in [0, 0.1) is 0 Å². The van der Waals surface area contributed by atoms with E-state index < -0.39 is 0 Å². The lowest BCUT2D eigenvalue weighted by atomic mass is 10.2. The number of rotatable bonds is 8. The van der Waals surface area contributed by atoms with Gasteiger partial charge >= 0.3 is 0 Å². The predicted octanol–water partition coefficient (Wildman–Crippen LogP) is 2.18. The van der Waals surface area contributed by atoms with E-state index in [9.17, 15) is 4.79 Å². The van der Waals surface area contributed by atoms with Gasteiger partial charge in [-0.1, -0.05) is 13.3 Å². The molecule has 0 aromatic carbocycles. The molecule has 0 bridgehead atoms. The summed E-state index contributed by atoms with van der Waals surface area (Å²) in [6.07, 6.45) is 3.14. The molecule has 0 fully saturated rings. The molecular formula is C13H22N2OS. The fourth-order valence-corrected chi connectivity index (χ4v) is 2.21. The summed E-state index contributed by atoms with van der Waals surface area (Å²) in [5.74, 6) is 0.101. The maximum Gasteiger partial charge on any atom is 0.236 e. The van der Waals surface area contributed by atoms with Gasteiger partial charge in [-0.2, -0.15) is 11.3 Å². The van der Waals surface area contributed by atoms with Gasteiger partial charge < -0.3 is 10.6 Å². The molecule has 96 valence electrons. The van der Waals surface area contributed by atoms with Gasteiger partial charge in [0.15, 0.2) is 0 Å². The zero-order valence-corrected chi connectivity index (χ0v) is 11.5. The second-order valence-corrected chi connectivity index (χ2v) is 4.98. The number of amides is 1. The number of thiophene rings is 1. The van der Waals surface area contributed by atoms with Crippen LogP contribution in [0.4, 0.5) is 0 Å². The molecular weight excluding hydrogens is 232 g/mol. The Morgan fingerprint density at radius 2 is 2.29 bits per heavy atom. The molecule has 1 atom stereocenters. The van der Waals surface area contributed by atoms with Gasteiger partial charge in [0.1, 0.15) is 0 Å². The fourth-order valence-electron chi connectivity index (χ4n) is 1.50. The summed E-state index contributed by atoms with van der Waals surface area (Å²) in [4.78, 5) is 11.6. The van der Waals surface area contributed by atoms with E-state index >= 15 is 0 Å². The molecule has 0 saturated heterocycles. The summed E-state index contributed by atoms with van der Waals surface area (Å²) in [7, 11) is 0. The van der Waals surface area contributed by atoms with Crippen molar-refractivity contribution in [1.29, 1.82) is 0 Å². The normalized spacial score (nSPS) is 12.4. The molecule has 0 spiro atoms. The van der Waals surface area contributed by atoms with Crippen molar-refractivity contribution in [3.8, 4) is 0 Å². The van der Waals surface area contributed by atoms with Crippen LogP contribution in [-0.4, -0.2) is 25.0 Å². The van der Waals surface area contributed by atoms with Crippen molar-refractivity contribution in [3.63, 3.8) is 0 Å². The first kappa shape index (κ1) is 14.2. The fraction of sp³-hybridized carbons (Fsp3) is 0.615. The first-order valence-electron chi connectivity index (χ1n) is 6.26. The first-order valence-corrected chi connectivity index (χ1v) is 7.20. The summed E-state index contributed by atoms with van der Waals surface area (Å²) >= 11 is 1.71. The minimum atomic E-state index is -0.106. The number of hydrogen-bond acceptors (Lipinski definition) is 3. The Labute approximate surface area is 108 Å². The molecule has 3 nitrogen and oxygen atoms in total. The van der Waals surface area contributed by atoms with E-state index in [-0.39, 0.29) is 11.9 Å². The van der Waals surface area contributed by atoms with Gasteiger partial charge in [-0.15, -0.1) is 0 Å². The third-order valence-electron chi connectivity index (χ3n) is 2.67. The average molecular weight is 254 g/mol. The molecule has 1 amide bonds. The van der Waals surface area contributed by atoms with E-state index in [1.807, 2.05) is 6.92 Å². The minimum absolute atomic E-state index is 0.101. The van der Waals surface area contributed by atoms with Crippen molar-refractivity contribution >= 4 is 17.2 Å². The molecule has 1 aromatic rings. The Kier molecular flexibility index (Phi) is 6.89. The minimum Gasteiger partial charge on any atom is -0.355 e. The quantitative estimate of drug-likeness (QED) is 0.698. The van der Waals surface area contributed by atoms with E-state index in [0.717, 1.165) is 32.4 Å². The monoisotopic (exact) mass is 254 g/mol. The third kappa shape index (κ3) is 5.84. The van der Waals surface area contributed by atoms with E-state index in [2.05, 4.69) is 34.4 Å². The highest BCUT2D eigenvalue weighted by Gasteiger charge is 2.10. The standard InChI is InChI=1S/C13H22N2OS/c1-3-4-7-15-13(16)11(2)14-8-5-12-6-9-17-10-12/h6,9-11,14H,3-5,7-8H2,1-2H3,(H,15,16). The summed E-state index contributed by atoms with van der Waals surface area (Å²) in [5.41, 5.74) is 1.33. The van der Waals surface area contributed by atoms with Crippen molar-refractivity contribution in [2.45, 2.75) is 39.2 Å². The summed E-state index contributed by atoms with van der Waals surface area (Å²) in [5, 5.41) is 10.4. The Morgan fingerprint density at radius 1 is 1.47 bits per heavy atom. The smallest absolute Gasteiger partial charge is 0.236 e. The van der Waals surface area contributed by atoms with Crippen LogP contribution in [0.5, 0.6) is 0 Å². The molecule has 0 saturated carbocycles. The second kappa shape index (κ2) is 8.25. The Bertz CT molecular complexity index is 311. The summed E-state index contributed by atoms with van der Waals surface area (Å²) in [6, 6.07) is 2.02. The van der Waals surface area contributed by atoms with E-state index in [4.69, 9.17) is 0 Å². The second-order valence-electron chi connectivity index (χ2n) is 4.20. The lowest BCUT2D eigenvalue weighted by molar-refractivity contribution is -0.122. The van der Waals surface area contributed by atoms with Gasteiger partial charge in [-0.3, -0.25) is 4.79 Å². The van der Waals surface area contributed by atoms with E-state index in [0.29, 0.717) is 0 Å². The van der Waals surface area contributed by atoms with Gasteiger partial charge in [0.05, 0.1) is 6.04 Å². The van der Waals surface area contributed by atoms with Crippen LogP contribution in [0.15, 0.2) is 16.8 Å². The highest BCUT2D eigenvalue weighted by atomic mass is 32.1. The first-order chi connectivity index (χ1) is 8.24. The van der Waals surface area contributed by atoms with Crippen LogP contribution in [0.3, 0.4) is 0 Å². The zero-order chi connectivity index (χ0) is 12.5. The Hall–Kier alpha value is -0.870. The molecule has 0 aliphatic rings. The number of carbonyl (C=O) groups is 1. The van der Waals surface area contributed by atoms with Crippen LogP contribution in [0.2, 0.25) is 0 Å². The molecule has 1 aromatic heterocycles. The number of nitrogens with one attached hydrogen (secondary N) is 2. The predicted molar refractivity (Wildman–Crippen MR) is 73.4 cm³/mol. The van der Waals surface area contributed by atoms with Crippen LogP contribution in [0.25, 0.3) is 0 Å². The highest BCUT2D eigenvalue weighted by molar-refractivity contribution is 7.07. The number of hydrogen-bond donors (Lipinski definition) is 2. The number of carbonyl (C=O) groups excluding carboxylic acids is 1. The van der Waals surface area contributed by atoms with Gasteiger partial charge in [0.2, 0.25) is 5.91 Å². The molecule has 1 rings (SSSR count). The molecule has 4 heteroatoms. The largest absolute Gasteiger partial charge is 0.355 e. The molecule has 0 radical (unpaired) electrons. The van der Waals surface area contributed by atoms with Crippen molar-refractivity contribution < 1.29 is 4.79 Å². The Morgan fingerprint density at radius 3 is 2.94 bits per heavy atom. The molecule has 17 heavy (non-hydrogen) atoms. The van der Waals surface area contributed by atoms with Crippen LogP contribution < -0.4 is 10.6 Å². The SMILES string of the molecule is CCCCNC(=O)C(C)NCCc1ccsc1. The van der Waals surface area contributed by atoms with Crippen LogP contribution in [0.1, 0.15) is 32.3 Å². The maximum atomic E-state index is 11.6. The van der Waals surface area contributed by atoms with Gasteiger partial charge in [-0.25, -0.2) is 0 Å². The lowest BCUT2D eigenvalue weighted by Gasteiger charge is -2.13. The van der Waals surface area contributed by atoms with E-state index in [1.54, 1.807) is 11.3 Å². The van der Waals surface area contributed by atoms with Crippen molar-refractivity contribution in [2.75, 3.05) is 13.1 Å². The van der Waals surface area contributed by atoms with Gasteiger partial charge in [0, 0.05) is 6.54 Å². The Balaban J connectivity index is 2.11. The highest BCUT2D eigenvalue weighted by Crippen LogP contribution is 2.05. The summed E-state index contributed by atoms with van der Waals surface area (Å²) in [6.45, 7) is 5.66. The van der Waals surface area contributed by atoms with Crippen molar-refractivity contribution in [2.24, 2.45) is 0 Å². The van der Waals surface area contributed by atoms with Crippen LogP contribution >= 0.6 is 11.3 Å². The third-order valence-corrected chi connectivity index (χ3v) is 3.40. The average Bonchev–Trinajstić information content (AvgIpc) is 2.82. The molecule has 1 unspecified atom stereocenters. The van der Waals surface area contributed by atoms with Crippen molar-refractivity contribution in [1.82, 2.24) is 10.6 Å².